The van der Waals surface area contributed by atoms with Crippen LogP contribution in [0.15, 0.2) is 94.3 Å². The van der Waals surface area contributed by atoms with Crippen molar-refractivity contribution in [3.8, 4) is 5.69 Å². The monoisotopic (exact) mass is 774 g/mol. The summed E-state index contributed by atoms with van der Waals surface area (Å²) in [6, 6.07) is 27.6. The number of benzene rings is 3. The van der Waals surface area contributed by atoms with Crippen LogP contribution in [0.25, 0.3) is 27.6 Å². The molecule has 0 saturated carbocycles. The number of aryl methyl sites for hydroxylation is 1. The quantitative estimate of drug-likeness (QED) is 0.133. The maximum absolute atomic E-state index is 14.0. The number of para-hydroxylation sites is 3. The third kappa shape index (κ3) is 5.12. The van der Waals surface area contributed by atoms with Crippen molar-refractivity contribution in [2.24, 2.45) is 0 Å². The predicted molar refractivity (Wildman–Crippen MR) is 163 cm³/mol. The number of halogens is 1. The summed E-state index contributed by atoms with van der Waals surface area (Å²) >= 11 is 0.389. The minimum absolute atomic E-state index is 0. The van der Waals surface area contributed by atoms with Crippen LogP contribution in [-0.2, 0) is 13.1 Å². The van der Waals surface area contributed by atoms with E-state index in [0.29, 0.717) is 11.9 Å². The molecule has 5 nitrogen and oxygen atoms in total. The number of hydrogen-bond donors (Lipinski definition) is 0. The Morgan fingerprint density at radius 3 is 2.33 bits per heavy atom. The van der Waals surface area contributed by atoms with Crippen LogP contribution in [0, 0.1) is 0 Å². The van der Waals surface area contributed by atoms with Crippen molar-refractivity contribution in [3.63, 3.8) is 0 Å². The van der Waals surface area contributed by atoms with Crippen LogP contribution in [0.3, 0.4) is 0 Å². The van der Waals surface area contributed by atoms with E-state index < -0.39 is 0 Å². The second-order valence-corrected chi connectivity index (χ2v) is 13.7. The average Bonchev–Trinajstić information content (AvgIpc) is 3.60. The molecule has 2 aromatic heterocycles. The van der Waals surface area contributed by atoms with Gasteiger partial charge in [-0.25, -0.2) is 0 Å². The Kier molecular flexibility index (Phi) is 9.03. The molecule has 0 radical (unpaired) electrons. The molecule has 6 rings (SSSR count). The fraction of sp³-hybridized carbons (Fsp3) is 0.188. The van der Waals surface area contributed by atoms with E-state index in [-0.39, 0.29) is 59.0 Å². The minimum atomic E-state index is 0. The van der Waals surface area contributed by atoms with E-state index in [1.807, 2.05) is 28.8 Å². The van der Waals surface area contributed by atoms with E-state index in [2.05, 4.69) is 108 Å². The second-order valence-electron chi connectivity index (χ2n) is 9.25. The number of allylic oxidation sites excluding steroid dienone is 1. The van der Waals surface area contributed by atoms with Crippen molar-refractivity contribution in [3.05, 3.63) is 115 Å². The first-order chi connectivity index (χ1) is 19.1. The molecule has 8 heteroatoms. The molecule has 1 aliphatic heterocycles. The second kappa shape index (κ2) is 12.5. The van der Waals surface area contributed by atoms with Gasteiger partial charge in [0.2, 0.25) is 0 Å². The maximum Gasteiger partial charge on any atom is -1.00 e. The standard InChI is InChI=1S/C32H31N4OSe2.HI/c1-4-33-24-16-10-12-18-27(24)38-30(33)21-20-26-32(37)35(6-3)29(36(26)23-14-8-7-9-15-23)22-31-34(5-2)25-17-11-13-19-28(25)39-31;/h7-22H,4-6H2,1-3H3;1H/q+1;/p-1. The fourth-order valence-electron chi connectivity index (χ4n) is 5.27. The van der Waals surface area contributed by atoms with Crippen LogP contribution in [0.2, 0.25) is 0 Å². The molecule has 0 unspecified atom stereocenters. The summed E-state index contributed by atoms with van der Waals surface area (Å²) in [6.07, 6.45) is 6.46. The van der Waals surface area contributed by atoms with Gasteiger partial charge >= 0.3 is 242 Å². The topological polar surface area (TPSA) is 34.0 Å². The first-order valence-corrected chi connectivity index (χ1v) is 16.8. The van der Waals surface area contributed by atoms with Crippen LogP contribution < -0.4 is 54.3 Å². The van der Waals surface area contributed by atoms with E-state index in [1.165, 1.54) is 29.1 Å². The van der Waals surface area contributed by atoms with Gasteiger partial charge in [-0.3, -0.25) is 0 Å². The number of aromatic nitrogens is 3. The van der Waals surface area contributed by atoms with E-state index in [4.69, 9.17) is 0 Å². The zero-order chi connectivity index (χ0) is 26.9. The molecule has 204 valence electrons. The average molecular weight is 772 g/mol. The van der Waals surface area contributed by atoms with Gasteiger partial charge in [-0.2, -0.15) is 0 Å². The normalized spacial score (nSPS) is 14.8. The first kappa shape index (κ1) is 28.9. The van der Waals surface area contributed by atoms with Crippen LogP contribution >= 0.6 is 0 Å². The number of fused-ring (bicyclic) bond motifs is 2. The third-order valence-electron chi connectivity index (χ3n) is 7.08. The maximum atomic E-state index is 14.0. The summed E-state index contributed by atoms with van der Waals surface area (Å²) in [5.41, 5.74) is 4.54. The van der Waals surface area contributed by atoms with Gasteiger partial charge in [-0.05, 0) is 0 Å². The molecule has 5 aromatic rings. The Balaban J connectivity index is 0.00000323. The van der Waals surface area contributed by atoms with Gasteiger partial charge in [-0.1, -0.05) is 0 Å². The molecule has 0 fully saturated rings. The zero-order valence-corrected chi connectivity index (χ0v) is 28.3. The summed E-state index contributed by atoms with van der Waals surface area (Å²) in [6.45, 7) is 8.85. The third-order valence-corrected chi connectivity index (χ3v) is 11.8. The van der Waals surface area contributed by atoms with Crippen LogP contribution in [0.1, 0.15) is 25.3 Å². The van der Waals surface area contributed by atoms with Gasteiger partial charge in [-0.15, -0.1) is 0 Å². The minimum Gasteiger partial charge on any atom is -1.00 e. The first-order valence-electron chi connectivity index (χ1n) is 13.4. The van der Waals surface area contributed by atoms with Crippen molar-refractivity contribution in [1.82, 2.24) is 9.13 Å². The predicted octanol–water partition coefficient (Wildman–Crippen LogP) is -0.499. The fourth-order valence-corrected chi connectivity index (χ4v) is 10.1. The smallest absolute Gasteiger partial charge is 1.00 e. The number of hydrogen-bond acceptors (Lipinski definition) is 2. The van der Waals surface area contributed by atoms with Gasteiger partial charge < -0.3 is 24.0 Å². The number of imidazole rings is 1. The van der Waals surface area contributed by atoms with Crippen molar-refractivity contribution < 1.29 is 28.5 Å². The van der Waals surface area contributed by atoms with Gasteiger partial charge in [0.05, 0.1) is 0 Å². The molecule has 0 N–H and O–H groups in total. The van der Waals surface area contributed by atoms with Gasteiger partial charge in [0.15, 0.2) is 0 Å². The molecule has 0 amide bonds. The summed E-state index contributed by atoms with van der Waals surface area (Å²) < 4.78 is 11.8. The molecule has 0 bridgehead atoms. The Bertz CT molecular complexity index is 1890. The van der Waals surface area contributed by atoms with Crippen molar-refractivity contribution in [2.75, 3.05) is 11.4 Å². The number of anilines is 1. The SMILES string of the molecule is CCN1C(=CC=c2c(=O)n(CC)/c(=C\c3[se]c4ccccc4[n+]3CC)n2-c2ccccc2)[Se]c2ccccc21.[I-]. The molecule has 40 heavy (non-hydrogen) atoms. The van der Waals surface area contributed by atoms with Crippen molar-refractivity contribution >= 4 is 61.5 Å². The molecule has 0 saturated heterocycles. The summed E-state index contributed by atoms with van der Waals surface area (Å²) in [7, 11) is 0. The van der Waals surface area contributed by atoms with E-state index in [0.717, 1.165) is 24.3 Å². The van der Waals surface area contributed by atoms with Crippen LogP contribution in [-0.4, -0.2) is 45.1 Å². The van der Waals surface area contributed by atoms with Crippen LogP contribution in [0.4, 0.5) is 5.69 Å². The Hall–Kier alpha value is -2.61. The van der Waals surface area contributed by atoms with Gasteiger partial charge in [0, 0.05) is 0 Å². The molecular formula is C32H31IN4OSe2. The van der Waals surface area contributed by atoms with Gasteiger partial charge in [0.1, 0.15) is 0 Å². The summed E-state index contributed by atoms with van der Waals surface area (Å²) in [5.74, 6) is 0. The zero-order valence-electron chi connectivity index (χ0n) is 22.8. The molecule has 3 heterocycles. The van der Waals surface area contributed by atoms with E-state index in [9.17, 15) is 4.79 Å². The summed E-state index contributed by atoms with van der Waals surface area (Å²) in [4.78, 5) is 16.3. The number of nitrogens with zero attached hydrogens (tertiary/aromatic N) is 4. The van der Waals surface area contributed by atoms with E-state index >= 15 is 0 Å². The molecule has 0 atom stereocenters. The van der Waals surface area contributed by atoms with E-state index in [1.54, 1.807) is 0 Å². The molecule has 0 spiro atoms. The Morgan fingerprint density at radius 1 is 0.850 bits per heavy atom. The Morgan fingerprint density at radius 2 is 1.57 bits per heavy atom. The number of rotatable bonds is 6. The molecular weight excluding hydrogens is 741 g/mol. The van der Waals surface area contributed by atoms with Crippen molar-refractivity contribution in [1.29, 1.82) is 0 Å². The van der Waals surface area contributed by atoms with Gasteiger partial charge in [0.25, 0.3) is 0 Å². The summed E-state index contributed by atoms with van der Waals surface area (Å²) in [5, 5.41) is 0.691. The largest absolute Gasteiger partial charge is 1.00 e. The molecule has 3 aromatic carbocycles. The van der Waals surface area contributed by atoms with Crippen molar-refractivity contribution in [2.45, 2.75) is 33.9 Å². The molecule has 0 aliphatic carbocycles. The molecule has 1 aliphatic rings. The Labute approximate surface area is 263 Å². The van der Waals surface area contributed by atoms with Crippen LogP contribution in [0.5, 0.6) is 0 Å².